The lowest BCUT2D eigenvalue weighted by molar-refractivity contribution is 0.102. The molecule has 0 radical (unpaired) electrons. The number of Topliss-reactive ketones (excluding diaryl/α,β-unsaturated/α-hetero) is 1. The van der Waals surface area contributed by atoms with Crippen LogP contribution >= 0.6 is 23.1 Å². The lowest BCUT2D eigenvalue weighted by Gasteiger charge is -2.11. The second-order valence-corrected chi connectivity index (χ2v) is 8.82. The predicted molar refractivity (Wildman–Crippen MR) is 109 cm³/mol. The number of methoxy groups -OCH3 is 1. The van der Waals surface area contributed by atoms with Gasteiger partial charge in [-0.05, 0) is 32.3 Å². The molecule has 0 spiro atoms. The van der Waals surface area contributed by atoms with Gasteiger partial charge < -0.3 is 14.6 Å². The van der Waals surface area contributed by atoms with Crippen molar-refractivity contribution in [1.82, 2.24) is 14.8 Å². The third kappa shape index (κ3) is 5.82. The van der Waals surface area contributed by atoms with Crippen LogP contribution < -0.4 is 5.32 Å². The Labute approximate surface area is 163 Å². The fourth-order valence-electron chi connectivity index (χ4n) is 2.62. The third-order valence-corrected chi connectivity index (χ3v) is 6.13. The number of carbonyl (C=O) groups excluding carboxylic acids is 1. The number of carbonyl (C=O) groups is 1. The molecule has 144 valence electrons. The topological polar surface area (TPSA) is 69.0 Å². The summed E-state index contributed by atoms with van der Waals surface area (Å²) in [6.07, 6.45) is 1.11. The van der Waals surface area contributed by atoms with Crippen LogP contribution in [0.2, 0.25) is 0 Å². The van der Waals surface area contributed by atoms with Crippen LogP contribution in [0, 0.1) is 19.8 Å². The van der Waals surface area contributed by atoms with Crippen LogP contribution in [-0.4, -0.2) is 46.6 Å². The molecule has 2 aromatic heterocycles. The summed E-state index contributed by atoms with van der Waals surface area (Å²) in [6, 6.07) is 2.01. The molecule has 0 aliphatic carbocycles. The highest BCUT2D eigenvalue weighted by molar-refractivity contribution is 8.01. The third-order valence-electron chi connectivity index (χ3n) is 4.12. The number of hydrogen-bond acceptors (Lipinski definition) is 7. The van der Waals surface area contributed by atoms with Gasteiger partial charge in [0, 0.05) is 37.2 Å². The molecular weight excluding hydrogens is 368 g/mol. The molecule has 0 aromatic carbocycles. The smallest absolute Gasteiger partial charge is 0.206 e. The van der Waals surface area contributed by atoms with Crippen molar-refractivity contribution in [3.05, 3.63) is 23.0 Å². The van der Waals surface area contributed by atoms with E-state index in [1.54, 1.807) is 7.11 Å². The number of hydrogen-bond donors (Lipinski definition) is 1. The minimum atomic E-state index is 0.142. The van der Waals surface area contributed by atoms with E-state index in [0.717, 1.165) is 39.4 Å². The number of anilines is 1. The van der Waals surface area contributed by atoms with Crippen LogP contribution in [0.4, 0.5) is 5.13 Å². The van der Waals surface area contributed by atoms with E-state index in [9.17, 15) is 4.79 Å². The van der Waals surface area contributed by atoms with Crippen LogP contribution in [0.15, 0.2) is 10.4 Å². The number of aryl methyl sites for hydroxylation is 1. The number of ketones is 1. The van der Waals surface area contributed by atoms with E-state index < -0.39 is 0 Å². The molecule has 0 atom stereocenters. The Morgan fingerprint density at radius 2 is 2.15 bits per heavy atom. The average molecular weight is 397 g/mol. The lowest BCUT2D eigenvalue weighted by atomic mass is 10.1. The summed E-state index contributed by atoms with van der Waals surface area (Å²) >= 11 is 2.90. The lowest BCUT2D eigenvalue weighted by Crippen LogP contribution is -2.08. The molecule has 0 unspecified atom stereocenters. The Hall–Kier alpha value is -1.38. The summed E-state index contributed by atoms with van der Waals surface area (Å²) in [7, 11) is 1.66. The Balaban J connectivity index is 1.93. The van der Waals surface area contributed by atoms with Crippen molar-refractivity contribution in [2.75, 3.05) is 31.3 Å². The van der Waals surface area contributed by atoms with Crippen molar-refractivity contribution in [2.24, 2.45) is 5.92 Å². The largest absolute Gasteiger partial charge is 0.383 e. The van der Waals surface area contributed by atoms with Crippen molar-refractivity contribution in [3.63, 3.8) is 0 Å². The number of thioether (sulfide) groups is 1. The standard InChI is InChI=1S/C18H28N4O2S2/c1-12(2)6-8-22-13(3)10-15(14(22)4)16(23)11-25-18-21-20-17(26-18)19-7-9-24-5/h10,12H,6-9,11H2,1-5H3,(H,19,20). The normalized spacial score (nSPS) is 11.3. The van der Waals surface area contributed by atoms with Gasteiger partial charge in [0.1, 0.15) is 0 Å². The predicted octanol–water partition coefficient (Wildman–Crippen LogP) is 4.04. The number of nitrogens with one attached hydrogen (secondary N) is 1. The van der Waals surface area contributed by atoms with Crippen LogP contribution in [0.25, 0.3) is 0 Å². The van der Waals surface area contributed by atoms with E-state index in [1.165, 1.54) is 23.1 Å². The zero-order valence-corrected chi connectivity index (χ0v) is 17.8. The van der Waals surface area contributed by atoms with Gasteiger partial charge in [0.15, 0.2) is 10.1 Å². The molecule has 6 nitrogen and oxygen atoms in total. The van der Waals surface area contributed by atoms with Gasteiger partial charge in [-0.15, -0.1) is 10.2 Å². The van der Waals surface area contributed by atoms with Crippen LogP contribution in [0.3, 0.4) is 0 Å². The number of ether oxygens (including phenoxy) is 1. The minimum Gasteiger partial charge on any atom is -0.383 e. The SMILES string of the molecule is COCCNc1nnc(SCC(=O)c2cc(C)n(CCC(C)C)c2C)s1. The molecule has 2 aromatic rings. The molecule has 1 N–H and O–H groups in total. The van der Waals surface area contributed by atoms with E-state index in [4.69, 9.17) is 4.74 Å². The molecule has 2 rings (SSSR count). The number of aromatic nitrogens is 3. The van der Waals surface area contributed by atoms with E-state index in [1.807, 2.05) is 13.0 Å². The molecule has 8 heteroatoms. The fraction of sp³-hybridized carbons (Fsp3) is 0.611. The van der Waals surface area contributed by atoms with Crippen molar-refractivity contribution >= 4 is 34.0 Å². The zero-order valence-electron chi connectivity index (χ0n) is 16.2. The maximum absolute atomic E-state index is 12.7. The van der Waals surface area contributed by atoms with E-state index in [-0.39, 0.29) is 5.78 Å². The fourth-order valence-corrected chi connectivity index (χ4v) is 4.28. The van der Waals surface area contributed by atoms with Crippen molar-refractivity contribution in [3.8, 4) is 0 Å². The molecular formula is C18H28N4O2S2. The summed E-state index contributed by atoms with van der Waals surface area (Å²) in [4.78, 5) is 12.7. The first-order valence-electron chi connectivity index (χ1n) is 8.81. The van der Waals surface area contributed by atoms with Crippen molar-refractivity contribution in [1.29, 1.82) is 0 Å². The first kappa shape index (κ1) is 20.9. The molecule has 0 aliphatic rings. The van der Waals surface area contributed by atoms with E-state index in [2.05, 4.69) is 40.9 Å². The highest BCUT2D eigenvalue weighted by atomic mass is 32.2. The molecule has 2 heterocycles. The van der Waals surface area contributed by atoms with Crippen LogP contribution in [0.1, 0.15) is 42.0 Å². The number of rotatable bonds is 11. The van der Waals surface area contributed by atoms with Gasteiger partial charge in [-0.1, -0.05) is 36.9 Å². The highest BCUT2D eigenvalue weighted by Crippen LogP contribution is 2.27. The Morgan fingerprint density at radius 3 is 2.85 bits per heavy atom. The minimum absolute atomic E-state index is 0.142. The maximum atomic E-state index is 12.7. The van der Waals surface area contributed by atoms with Gasteiger partial charge in [0.25, 0.3) is 0 Å². The molecule has 0 aliphatic heterocycles. The van der Waals surface area contributed by atoms with Gasteiger partial charge in [-0.2, -0.15) is 0 Å². The van der Waals surface area contributed by atoms with Gasteiger partial charge in [-0.3, -0.25) is 4.79 Å². The first-order chi connectivity index (χ1) is 12.4. The van der Waals surface area contributed by atoms with Crippen molar-refractivity contribution < 1.29 is 9.53 Å². The van der Waals surface area contributed by atoms with Gasteiger partial charge in [-0.25, -0.2) is 0 Å². The molecule has 0 saturated heterocycles. The molecule has 0 amide bonds. The average Bonchev–Trinajstić information content (AvgIpc) is 3.16. The molecule has 0 saturated carbocycles. The maximum Gasteiger partial charge on any atom is 0.206 e. The van der Waals surface area contributed by atoms with Crippen molar-refractivity contribution in [2.45, 2.75) is 45.0 Å². The van der Waals surface area contributed by atoms with Gasteiger partial charge in [0.05, 0.1) is 12.4 Å². The summed E-state index contributed by atoms with van der Waals surface area (Å²) in [6.45, 7) is 10.8. The van der Waals surface area contributed by atoms with Gasteiger partial charge in [0.2, 0.25) is 5.13 Å². The van der Waals surface area contributed by atoms with Crippen LogP contribution in [0.5, 0.6) is 0 Å². The summed E-state index contributed by atoms with van der Waals surface area (Å²) in [5.74, 6) is 1.17. The van der Waals surface area contributed by atoms with E-state index in [0.29, 0.717) is 24.8 Å². The summed E-state index contributed by atoms with van der Waals surface area (Å²) in [5, 5.41) is 12.1. The van der Waals surface area contributed by atoms with Crippen LogP contribution in [-0.2, 0) is 11.3 Å². The first-order valence-corrected chi connectivity index (χ1v) is 10.6. The molecule has 0 fully saturated rings. The Morgan fingerprint density at radius 1 is 1.38 bits per heavy atom. The zero-order chi connectivity index (χ0) is 19.1. The summed E-state index contributed by atoms with van der Waals surface area (Å²) in [5.41, 5.74) is 3.03. The Bertz CT molecular complexity index is 725. The monoisotopic (exact) mass is 396 g/mol. The summed E-state index contributed by atoms with van der Waals surface area (Å²) < 4.78 is 8.04. The highest BCUT2D eigenvalue weighted by Gasteiger charge is 2.17. The molecule has 26 heavy (non-hydrogen) atoms. The second kappa shape index (κ2) is 10.1. The molecule has 0 bridgehead atoms. The van der Waals surface area contributed by atoms with Gasteiger partial charge >= 0.3 is 0 Å². The Kier molecular flexibility index (Phi) is 8.12. The number of nitrogens with zero attached hydrogens (tertiary/aromatic N) is 3. The quantitative estimate of drug-likeness (QED) is 0.351. The second-order valence-electron chi connectivity index (χ2n) is 6.62. The van der Waals surface area contributed by atoms with E-state index >= 15 is 0 Å².